The van der Waals surface area contributed by atoms with Gasteiger partial charge in [-0.1, -0.05) is 6.08 Å². The fraction of sp³-hybridized carbons (Fsp3) is 0.200. The van der Waals surface area contributed by atoms with Crippen molar-refractivity contribution in [3.05, 3.63) is 42.2 Å². The Bertz CT molecular complexity index is 301. The third kappa shape index (κ3) is 1.42. The molecule has 1 atom stereocenters. The summed E-state index contributed by atoms with van der Waals surface area (Å²) in [7, 11) is 0. The second kappa shape index (κ2) is 3.30. The van der Waals surface area contributed by atoms with Crippen LogP contribution in [0, 0.1) is 0 Å². The third-order valence-corrected chi connectivity index (χ3v) is 1.94. The lowest BCUT2D eigenvalue weighted by Crippen LogP contribution is -1.97. The van der Waals surface area contributed by atoms with Crippen molar-refractivity contribution in [2.24, 2.45) is 4.99 Å². The Hall–Kier alpha value is -1.44. The number of dihydropyridines is 1. The van der Waals surface area contributed by atoms with Crippen LogP contribution in [0.2, 0.25) is 0 Å². The maximum Gasteiger partial charge on any atom is 0.0784 e. The van der Waals surface area contributed by atoms with Crippen LogP contribution in [0.5, 0.6) is 0 Å². The highest BCUT2D eigenvalue weighted by molar-refractivity contribution is 5.72. The summed E-state index contributed by atoms with van der Waals surface area (Å²) in [5, 5.41) is 0. The molecule has 0 N–H and O–H groups in total. The van der Waals surface area contributed by atoms with Crippen LogP contribution in [0.15, 0.2) is 41.7 Å². The molecule has 0 spiro atoms. The summed E-state index contributed by atoms with van der Waals surface area (Å²) < 4.78 is 0. The Labute approximate surface area is 71.7 Å². The SMILES string of the molecule is C1=CCC(c2ccncc2)N=C1. The van der Waals surface area contributed by atoms with E-state index in [-0.39, 0.29) is 0 Å². The third-order valence-electron chi connectivity index (χ3n) is 1.94. The lowest BCUT2D eigenvalue weighted by Gasteiger charge is -2.11. The van der Waals surface area contributed by atoms with Crippen LogP contribution in [-0.4, -0.2) is 11.2 Å². The lowest BCUT2D eigenvalue weighted by molar-refractivity contribution is 0.739. The van der Waals surface area contributed by atoms with E-state index in [1.54, 1.807) is 0 Å². The minimum absolute atomic E-state index is 0.304. The topological polar surface area (TPSA) is 25.2 Å². The summed E-state index contributed by atoms with van der Waals surface area (Å²) >= 11 is 0. The number of nitrogens with zero attached hydrogens (tertiary/aromatic N) is 2. The van der Waals surface area contributed by atoms with Gasteiger partial charge in [-0.3, -0.25) is 9.98 Å². The van der Waals surface area contributed by atoms with Gasteiger partial charge >= 0.3 is 0 Å². The molecule has 0 bridgehead atoms. The van der Waals surface area contributed by atoms with Crippen molar-refractivity contribution in [2.45, 2.75) is 12.5 Å². The van der Waals surface area contributed by atoms with E-state index in [1.807, 2.05) is 36.8 Å². The summed E-state index contributed by atoms with van der Waals surface area (Å²) in [6.07, 6.45) is 10.6. The van der Waals surface area contributed by atoms with Crippen molar-refractivity contribution < 1.29 is 0 Å². The molecule has 0 aromatic carbocycles. The van der Waals surface area contributed by atoms with Gasteiger partial charge in [-0.15, -0.1) is 0 Å². The summed E-state index contributed by atoms with van der Waals surface area (Å²) in [6.45, 7) is 0. The molecule has 2 nitrogen and oxygen atoms in total. The summed E-state index contributed by atoms with van der Waals surface area (Å²) in [6, 6.07) is 4.33. The van der Waals surface area contributed by atoms with E-state index in [0.29, 0.717) is 6.04 Å². The molecular weight excluding hydrogens is 148 g/mol. The molecule has 0 radical (unpaired) electrons. The van der Waals surface area contributed by atoms with Gasteiger partial charge in [-0.2, -0.15) is 0 Å². The molecule has 2 rings (SSSR count). The predicted octanol–water partition coefficient (Wildman–Crippen LogP) is 2.15. The zero-order valence-corrected chi connectivity index (χ0v) is 6.72. The first-order chi connectivity index (χ1) is 5.97. The van der Waals surface area contributed by atoms with E-state index in [9.17, 15) is 0 Å². The molecule has 0 fully saturated rings. The Morgan fingerprint density at radius 2 is 2.08 bits per heavy atom. The van der Waals surface area contributed by atoms with E-state index in [2.05, 4.69) is 16.1 Å². The van der Waals surface area contributed by atoms with Gasteiger partial charge in [0.25, 0.3) is 0 Å². The number of aromatic nitrogens is 1. The van der Waals surface area contributed by atoms with E-state index in [4.69, 9.17) is 0 Å². The Balaban J connectivity index is 2.21. The molecule has 2 heterocycles. The van der Waals surface area contributed by atoms with Crippen LogP contribution in [-0.2, 0) is 0 Å². The van der Waals surface area contributed by atoms with Gasteiger partial charge in [0, 0.05) is 18.6 Å². The van der Waals surface area contributed by atoms with Crippen molar-refractivity contribution >= 4 is 6.21 Å². The van der Waals surface area contributed by atoms with Crippen LogP contribution < -0.4 is 0 Å². The zero-order valence-electron chi connectivity index (χ0n) is 6.72. The molecule has 1 aliphatic heterocycles. The van der Waals surface area contributed by atoms with E-state index in [1.165, 1.54) is 5.56 Å². The Kier molecular flexibility index (Phi) is 1.99. The number of allylic oxidation sites excluding steroid dienone is 1. The second-order valence-electron chi connectivity index (χ2n) is 2.76. The fourth-order valence-corrected chi connectivity index (χ4v) is 1.29. The monoisotopic (exact) mass is 158 g/mol. The van der Waals surface area contributed by atoms with Gasteiger partial charge in [0.15, 0.2) is 0 Å². The van der Waals surface area contributed by atoms with Crippen molar-refractivity contribution in [3.8, 4) is 0 Å². The number of hydrogen-bond donors (Lipinski definition) is 0. The molecule has 0 saturated carbocycles. The van der Waals surface area contributed by atoms with Crippen molar-refractivity contribution in [2.75, 3.05) is 0 Å². The highest BCUT2D eigenvalue weighted by atomic mass is 14.8. The molecule has 60 valence electrons. The Morgan fingerprint density at radius 1 is 1.25 bits per heavy atom. The van der Waals surface area contributed by atoms with Crippen molar-refractivity contribution in [1.82, 2.24) is 4.98 Å². The molecule has 0 amide bonds. The van der Waals surface area contributed by atoms with E-state index in [0.717, 1.165) is 6.42 Å². The van der Waals surface area contributed by atoms with Crippen LogP contribution in [0.1, 0.15) is 18.0 Å². The predicted molar refractivity (Wildman–Crippen MR) is 49.2 cm³/mol. The lowest BCUT2D eigenvalue weighted by atomic mass is 10.0. The molecule has 1 aromatic rings. The normalized spacial score (nSPS) is 21.2. The van der Waals surface area contributed by atoms with E-state index < -0.39 is 0 Å². The molecule has 1 aromatic heterocycles. The first-order valence-electron chi connectivity index (χ1n) is 4.05. The average Bonchev–Trinajstić information content (AvgIpc) is 2.21. The number of rotatable bonds is 1. The second-order valence-corrected chi connectivity index (χ2v) is 2.76. The van der Waals surface area contributed by atoms with Crippen molar-refractivity contribution in [1.29, 1.82) is 0 Å². The molecule has 2 heteroatoms. The molecule has 1 aliphatic rings. The van der Waals surface area contributed by atoms with Gasteiger partial charge in [-0.05, 0) is 30.2 Å². The standard InChI is InChI=1S/C10H10N2/c1-2-6-12-10(3-1)9-4-7-11-8-5-9/h1-2,4-8,10H,3H2. The maximum atomic E-state index is 4.36. The van der Waals surface area contributed by atoms with Crippen LogP contribution in [0.3, 0.4) is 0 Å². The largest absolute Gasteiger partial charge is 0.285 e. The summed E-state index contributed by atoms with van der Waals surface area (Å²) in [4.78, 5) is 8.33. The first kappa shape index (κ1) is 7.22. The van der Waals surface area contributed by atoms with Gasteiger partial charge in [0.1, 0.15) is 0 Å². The minimum Gasteiger partial charge on any atom is -0.285 e. The number of hydrogen-bond acceptors (Lipinski definition) is 2. The Morgan fingerprint density at radius 3 is 2.75 bits per heavy atom. The first-order valence-corrected chi connectivity index (χ1v) is 4.05. The zero-order chi connectivity index (χ0) is 8.23. The van der Waals surface area contributed by atoms with Gasteiger partial charge in [0.05, 0.1) is 6.04 Å². The quantitative estimate of drug-likeness (QED) is 0.614. The van der Waals surface area contributed by atoms with Gasteiger partial charge < -0.3 is 0 Å². The van der Waals surface area contributed by atoms with E-state index >= 15 is 0 Å². The number of aliphatic imine (C=N–C) groups is 1. The molecular formula is C10H10N2. The molecule has 0 saturated heterocycles. The summed E-state index contributed by atoms with van der Waals surface area (Å²) in [5.74, 6) is 0. The summed E-state index contributed by atoms with van der Waals surface area (Å²) in [5.41, 5.74) is 1.24. The van der Waals surface area contributed by atoms with Crippen molar-refractivity contribution in [3.63, 3.8) is 0 Å². The van der Waals surface area contributed by atoms with Gasteiger partial charge in [0.2, 0.25) is 0 Å². The highest BCUT2D eigenvalue weighted by Crippen LogP contribution is 2.22. The average molecular weight is 158 g/mol. The van der Waals surface area contributed by atoms with Crippen LogP contribution in [0.25, 0.3) is 0 Å². The molecule has 0 aliphatic carbocycles. The molecule has 12 heavy (non-hydrogen) atoms. The smallest absolute Gasteiger partial charge is 0.0784 e. The van der Waals surface area contributed by atoms with Crippen LogP contribution >= 0.6 is 0 Å². The fourth-order valence-electron chi connectivity index (χ4n) is 1.29. The van der Waals surface area contributed by atoms with Gasteiger partial charge in [-0.25, -0.2) is 0 Å². The highest BCUT2D eigenvalue weighted by Gasteiger charge is 2.07. The van der Waals surface area contributed by atoms with Crippen LogP contribution in [0.4, 0.5) is 0 Å². The number of pyridine rings is 1. The minimum atomic E-state index is 0.304. The molecule has 1 unspecified atom stereocenters. The maximum absolute atomic E-state index is 4.36.